The molecule has 1 aromatic rings. The molecule has 1 saturated heterocycles. The highest BCUT2D eigenvalue weighted by Crippen LogP contribution is 2.27. The van der Waals surface area contributed by atoms with Crippen LogP contribution in [0.2, 0.25) is 0 Å². The van der Waals surface area contributed by atoms with Crippen molar-refractivity contribution in [1.29, 1.82) is 0 Å². The summed E-state index contributed by atoms with van der Waals surface area (Å²) in [4.78, 5) is 9.40. The molecule has 0 bridgehead atoms. The number of aliphatic imine (C=N–C) groups is 1. The van der Waals surface area contributed by atoms with Gasteiger partial charge in [0.25, 0.3) is 0 Å². The van der Waals surface area contributed by atoms with Gasteiger partial charge >= 0.3 is 0 Å². The van der Waals surface area contributed by atoms with Gasteiger partial charge in [-0.3, -0.25) is 9.89 Å². The lowest BCUT2D eigenvalue weighted by atomic mass is 9.96. The monoisotopic (exact) mass is 316 g/mol. The number of hydrogen-bond donors (Lipinski definition) is 1. The zero-order valence-electron chi connectivity index (χ0n) is 14.9. The summed E-state index contributed by atoms with van der Waals surface area (Å²) in [7, 11) is 0. The lowest BCUT2D eigenvalue weighted by Crippen LogP contribution is -2.40. The van der Waals surface area contributed by atoms with Crippen molar-refractivity contribution in [3.8, 4) is 0 Å². The van der Waals surface area contributed by atoms with E-state index in [0.29, 0.717) is 12.0 Å². The van der Waals surface area contributed by atoms with Crippen LogP contribution in [-0.2, 0) is 0 Å². The number of benzene rings is 1. The summed E-state index contributed by atoms with van der Waals surface area (Å²) >= 11 is 0. The third kappa shape index (κ3) is 4.96. The van der Waals surface area contributed by atoms with Gasteiger partial charge < -0.3 is 10.6 Å². The van der Waals surface area contributed by atoms with E-state index in [1.807, 2.05) is 0 Å². The van der Waals surface area contributed by atoms with Gasteiger partial charge in [-0.15, -0.1) is 0 Å². The molecule has 0 aromatic heterocycles. The van der Waals surface area contributed by atoms with Crippen LogP contribution < -0.4 is 5.73 Å². The summed E-state index contributed by atoms with van der Waals surface area (Å²) in [5.74, 6) is 1.51. The Balaban J connectivity index is 2.12. The molecular weight excluding hydrogens is 284 g/mol. The third-order valence-corrected chi connectivity index (χ3v) is 4.96. The first-order valence-corrected chi connectivity index (χ1v) is 8.99. The molecule has 0 radical (unpaired) electrons. The van der Waals surface area contributed by atoms with E-state index in [9.17, 15) is 0 Å². The fraction of sp³-hybridized carbons (Fsp3) is 0.632. The number of nitrogens with zero attached hydrogens (tertiary/aromatic N) is 3. The first-order valence-electron chi connectivity index (χ1n) is 8.99. The van der Waals surface area contributed by atoms with Crippen molar-refractivity contribution >= 4 is 5.96 Å². The van der Waals surface area contributed by atoms with Gasteiger partial charge in [0.1, 0.15) is 0 Å². The summed E-state index contributed by atoms with van der Waals surface area (Å²) in [6.07, 6.45) is 2.55. The van der Waals surface area contributed by atoms with Crippen molar-refractivity contribution in [1.82, 2.24) is 9.80 Å². The molecule has 0 aliphatic carbocycles. The normalized spacial score (nSPS) is 18.8. The Hall–Kier alpha value is -1.55. The lowest BCUT2D eigenvalue weighted by molar-refractivity contribution is 0.141. The second-order valence-electron chi connectivity index (χ2n) is 6.52. The number of guanidine groups is 1. The molecule has 0 spiro atoms. The van der Waals surface area contributed by atoms with Crippen LogP contribution in [0.1, 0.15) is 45.2 Å². The summed E-state index contributed by atoms with van der Waals surface area (Å²) < 4.78 is 0. The molecule has 4 heteroatoms. The Morgan fingerprint density at radius 1 is 1.22 bits per heavy atom. The van der Waals surface area contributed by atoms with E-state index in [0.717, 1.165) is 38.6 Å². The second-order valence-corrected chi connectivity index (χ2v) is 6.52. The van der Waals surface area contributed by atoms with Crippen LogP contribution >= 0.6 is 0 Å². The van der Waals surface area contributed by atoms with Crippen LogP contribution in [0.15, 0.2) is 35.3 Å². The molecule has 1 unspecified atom stereocenters. The van der Waals surface area contributed by atoms with Crippen molar-refractivity contribution in [2.75, 3.05) is 32.7 Å². The first kappa shape index (κ1) is 17.8. The minimum Gasteiger partial charge on any atom is -0.370 e. The lowest BCUT2D eigenvalue weighted by Gasteiger charge is -2.36. The molecule has 1 aliphatic heterocycles. The van der Waals surface area contributed by atoms with E-state index in [4.69, 9.17) is 10.7 Å². The maximum Gasteiger partial charge on any atom is 0.191 e. The zero-order chi connectivity index (χ0) is 16.7. The zero-order valence-corrected chi connectivity index (χ0v) is 14.9. The summed E-state index contributed by atoms with van der Waals surface area (Å²) in [6, 6.07) is 11.1. The Kier molecular flexibility index (Phi) is 6.90. The van der Waals surface area contributed by atoms with E-state index < -0.39 is 0 Å². The minimum absolute atomic E-state index is 0.331. The van der Waals surface area contributed by atoms with Gasteiger partial charge in [0.05, 0.1) is 12.6 Å². The third-order valence-electron chi connectivity index (χ3n) is 4.96. The SMILES string of the molecule is CCN(CC)C(N)=NCC(c1ccccc1)N1CCC(C)CC1. The maximum atomic E-state index is 6.17. The Labute approximate surface area is 141 Å². The van der Waals surface area contributed by atoms with Gasteiger partial charge in [0, 0.05) is 13.1 Å². The molecule has 128 valence electrons. The van der Waals surface area contributed by atoms with Crippen molar-refractivity contribution in [3.63, 3.8) is 0 Å². The second kappa shape index (κ2) is 8.92. The van der Waals surface area contributed by atoms with E-state index in [1.54, 1.807) is 0 Å². The molecule has 1 aromatic carbocycles. The van der Waals surface area contributed by atoms with E-state index >= 15 is 0 Å². The highest BCUT2D eigenvalue weighted by molar-refractivity contribution is 5.78. The fourth-order valence-corrected chi connectivity index (χ4v) is 3.27. The van der Waals surface area contributed by atoms with Crippen molar-refractivity contribution < 1.29 is 0 Å². The fourth-order valence-electron chi connectivity index (χ4n) is 3.27. The summed E-state index contributed by atoms with van der Waals surface area (Å²) in [6.45, 7) is 11.4. The molecule has 1 aliphatic rings. The molecule has 1 atom stereocenters. The van der Waals surface area contributed by atoms with Crippen molar-refractivity contribution in [2.45, 2.75) is 39.7 Å². The molecule has 4 nitrogen and oxygen atoms in total. The minimum atomic E-state index is 0.331. The number of likely N-dealkylation sites (tertiary alicyclic amines) is 1. The summed E-state index contributed by atoms with van der Waals surface area (Å²) in [5, 5.41) is 0. The number of piperidine rings is 1. The number of hydrogen-bond acceptors (Lipinski definition) is 2. The van der Waals surface area contributed by atoms with Gasteiger partial charge in [-0.05, 0) is 51.3 Å². The number of nitrogens with two attached hydrogens (primary N) is 1. The van der Waals surface area contributed by atoms with Crippen LogP contribution in [0.4, 0.5) is 0 Å². The van der Waals surface area contributed by atoms with Crippen LogP contribution in [-0.4, -0.2) is 48.5 Å². The van der Waals surface area contributed by atoms with E-state index in [-0.39, 0.29) is 0 Å². The largest absolute Gasteiger partial charge is 0.370 e. The van der Waals surface area contributed by atoms with Gasteiger partial charge in [0.15, 0.2) is 5.96 Å². The van der Waals surface area contributed by atoms with Gasteiger partial charge in [-0.1, -0.05) is 37.3 Å². The number of rotatable bonds is 6. The van der Waals surface area contributed by atoms with Crippen LogP contribution in [0.3, 0.4) is 0 Å². The van der Waals surface area contributed by atoms with Crippen LogP contribution in [0.25, 0.3) is 0 Å². The predicted molar refractivity (Wildman–Crippen MR) is 98.6 cm³/mol. The smallest absolute Gasteiger partial charge is 0.191 e. The molecule has 23 heavy (non-hydrogen) atoms. The van der Waals surface area contributed by atoms with Crippen LogP contribution in [0.5, 0.6) is 0 Å². The first-order chi connectivity index (χ1) is 11.2. The molecule has 2 rings (SSSR count). The predicted octanol–water partition coefficient (Wildman–Crippen LogP) is 3.12. The van der Waals surface area contributed by atoms with Gasteiger partial charge in [-0.25, -0.2) is 0 Å². The topological polar surface area (TPSA) is 44.9 Å². The molecule has 1 heterocycles. The van der Waals surface area contributed by atoms with Crippen LogP contribution in [0, 0.1) is 5.92 Å². The Morgan fingerprint density at radius 3 is 2.39 bits per heavy atom. The molecule has 0 saturated carbocycles. The molecule has 0 amide bonds. The highest BCUT2D eigenvalue weighted by atomic mass is 15.3. The van der Waals surface area contributed by atoms with Crippen molar-refractivity contribution in [3.05, 3.63) is 35.9 Å². The molecule has 1 fully saturated rings. The molecular formula is C19H32N4. The Bertz CT molecular complexity index is 473. The molecule has 2 N–H and O–H groups in total. The van der Waals surface area contributed by atoms with Crippen molar-refractivity contribution in [2.24, 2.45) is 16.6 Å². The van der Waals surface area contributed by atoms with Gasteiger partial charge in [-0.2, -0.15) is 0 Å². The summed E-state index contributed by atoms with van der Waals surface area (Å²) in [5.41, 5.74) is 7.52. The standard InChI is InChI=1S/C19H32N4/c1-4-22(5-2)19(20)21-15-18(17-9-7-6-8-10-17)23-13-11-16(3)12-14-23/h6-10,16,18H,4-5,11-15H2,1-3H3,(H2,20,21). The van der Waals surface area contributed by atoms with E-state index in [2.05, 4.69) is 60.9 Å². The maximum absolute atomic E-state index is 6.17. The average molecular weight is 316 g/mol. The van der Waals surface area contributed by atoms with E-state index in [1.165, 1.54) is 18.4 Å². The van der Waals surface area contributed by atoms with Gasteiger partial charge in [0.2, 0.25) is 0 Å². The Morgan fingerprint density at radius 2 is 1.83 bits per heavy atom. The highest BCUT2D eigenvalue weighted by Gasteiger charge is 2.24. The average Bonchev–Trinajstić information content (AvgIpc) is 2.58. The quantitative estimate of drug-likeness (QED) is 0.648.